The molecule has 0 saturated carbocycles. The van der Waals surface area contributed by atoms with Gasteiger partial charge in [-0.05, 0) is 47.7 Å². The van der Waals surface area contributed by atoms with Crippen molar-refractivity contribution in [3.8, 4) is 0 Å². The van der Waals surface area contributed by atoms with Crippen molar-refractivity contribution in [2.24, 2.45) is 0 Å². The highest BCUT2D eigenvalue weighted by atomic mass is 127. The number of carbonyl (C=O) groups is 1. The highest BCUT2D eigenvalue weighted by molar-refractivity contribution is 14.1. The minimum atomic E-state index is -3.98. The van der Waals surface area contributed by atoms with Crippen LogP contribution >= 0.6 is 34.2 Å². The zero-order chi connectivity index (χ0) is 13.2. The maximum absolute atomic E-state index is 11.6. The Bertz CT molecular complexity index is 546. The summed E-state index contributed by atoms with van der Waals surface area (Å²) in [5.41, 5.74) is 0.167. The second kappa shape index (κ2) is 5.40. The van der Waals surface area contributed by atoms with Gasteiger partial charge in [-0.3, -0.25) is 9.52 Å². The predicted molar refractivity (Wildman–Crippen MR) is 73.8 cm³/mol. The molecule has 5 nitrogen and oxygen atoms in total. The number of carboxylic acids is 1. The first-order valence-corrected chi connectivity index (χ1v) is 7.44. The molecule has 1 aromatic carbocycles. The first kappa shape index (κ1) is 14.5. The van der Waals surface area contributed by atoms with Crippen LogP contribution in [0.5, 0.6) is 0 Å². The van der Waals surface area contributed by atoms with Crippen LogP contribution in [0.1, 0.15) is 6.92 Å². The number of anilines is 1. The van der Waals surface area contributed by atoms with Gasteiger partial charge in [-0.25, -0.2) is 8.42 Å². The van der Waals surface area contributed by atoms with E-state index in [1.54, 1.807) is 12.1 Å². The van der Waals surface area contributed by atoms with E-state index in [0.717, 1.165) is 10.5 Å². The molecule has 0 bridgehead atoms. The molecule has 0 saturated heterocycles. The Labute approximate surface area is 117 Å². The minimum absolute atomic E-state index is 0.167. The van der Waals surface area contributed by atoms with E-state index < -0.39 is 21.2 Å². The van der Waals surface area contributed by atoms with Crippen LogP contribution < -0.4 is 4.72 Å². The highest BCUT2D eigenvalue weighted by Crippen LogP contribution is 2.25. The Balaban J connectivity index is 3.02. The van der Waals surface area contributed by atoms with Gasteiger partial charge in [0.05, 0.1) is 10.7 Å². The van der Waals surface area contributed by atoms with Gasteiger partial charge in [0.15, 0.2) is 5.25 Å². The van der Waals surface area contributed by atoms with E-state index in [1.807, 2.05) is 22.6 Å². The third-order valence-corrected chi connectivity index (χ3v) is 4.62. The summed E-state index contributed by atoms with van der Waals surface area (Å²) in [6.07, 6.45) is 0. The van der Waals surface area contributed by atoms with Crippen LogP contribution in [0.3, 0.4) is 0 Å². The molecule has 17 heavy (non-hydrogen) atoms. The van der Waals surface area contributed by atoms with Gasteiger partial charge in [-0.1, -0.05) is 11.6 Å². The van der Waals surface area contributed by atoms with Crippen LogP contribution in [0.15, 0.2) is 18.2 Å². The van der Waals surface area contributed by atoms with Crippen molar-refractivity contribution in [1.29, 1.82) is 0 Å². The lowest BCUT2D eigenvalue weighted by atomic mass is 10.3. The van der Waals surface area contributed by atoms with Crippen LogP contribution in [0.2, 0.25) is 5.02 Å². The van der Waals surface area contributed by atoms with E-state index in [1.165, 1.54) is 6.07 Å². The monoisotopic (exact) mass is 389 g/mol. The molecule has 0 aromatic heterocycles. The van der Waals surface area contributed by atoms with Crippen molar-refractivity contribution in [2.45, 2.75) is 12.2 Å². The van der Waals surface area contributed by atoms with E-state index in [4.69, 9.17) is 16.7 Å². The number of aliphatic carboxylic acids is 1. The Morgan fingerprint density at radius 3 is 2.59 bits per heavy atom. The number of nitrogens with one attached hydrogen (secondary N) is 1. The number of hydrogen-bond donors (Lipinski definition) is 2. The standard InChI is InChI=1S/C9H9ClINO4S/c1-5(9(13)14)17(15,16)12-8-3-2-6(11)4-7(8)10/h2-5,12H,1H3,(H,13,14). The topological polar surface area (TPSA) is 83.5 Å². The summed E-state index contributed by atoms with van der Waals surface area (Å²) in [4.78, 5) is 10.6. The van der Waals surface area contributed by atoms with Gasteiger partial charge < -0.3 is 5.11 Å². The zero-order valence-electron chi connectivity index (χ0n) is 8.65. The number of halogens is 2. The summed E-state index contributed by atoms with van der Waals surface area (Å²) in [5, 5.41) is 7.33. The lowest BCUT2D eigenvalue weighted by Crippen LogP contribution is -2.32. The smallest absolute Gasteiger partial charge is 0.323 e. The molecule has 0 spiro atoms. The predicted octanol–water partition coefficient (Wildman–Crippen LogP) is 2.16. The maximum Gasteiger partial charge on any atom is 0.323 e. The molecule has 1 rings (SSSR count). The number of rotatable bonds is 4. The third kappa shape index (κ3) is 3.71. The van der Waals surface area contributed by atoms with Crippen molar-refractivity contribution >= 4 is 55.9 Å². The maximum atomic E-state index is 11.6. The summed E-state index contributed by atoms with van der Waals surface area (Å²) in [6, 6.07) is 4.72. The van der Waals surface area contributed by atoms with E-state index in [9.17, 15) is 13.2 Å². The van der Waals surface area contributed by atoms with E-state index >= 15 is 0 Å². The molecule has 2 N–H and O–H groups in total. The molecule has 0 aliphatic carbocycles. The quantitative estimate of drug-likeness (QED) is 0.773. The van der Waals surface area contributed by atoms with Crippen LogP contribution in [0, 0.1) is 3.57 Å². The average molecular weight is 390 g/mol. The molecule has 0 radical (unpaired) electrons. The molecule has 0 aliphatic rings. The molecule has 0 fully saturated rings. The van der Waals surface area contributed by atoms with E-state index in [-0.39, 0.29) is 10.7 Å². The average Bonchev–Trinajstić information content (AvgIpc) is 2.21. The van der Waals surface area contributed by atoms with Crippen LogP contribution in [-0.2, 0) is 14.8 Å². The Kier molecular flexibility index (Phi) is 4.62. The van der Waals surface area contributed by atoms with E-state index in [0.29, 0.717) is 0 Å². The fourth-order valence-electron chi connectivity index (χ4n) is 0.947. The number of carboxylic acid groups (broad SMARTS) is 1. The van der Waals surface area contributed by atoms with Crippen molar-refractivity contribution < 1.29 is 18.3 Å². The largest absolute Gasteiger partial charge is 0.480 e. The number of sulfonamides is 1. The minimum Gasteiger partial charge on any atom is -0.480 e. The van der Waals surface area contributed by atoms with Gasteiger partial charge in [0, 0.05) is 3.57 Å². The molecule has 1 unspecified atom stereocenters. The molecule has 0 heterocycles. The van der Waals surface area contributed by atoms with Gasteiger partial charge >= 0.3 is 5.97 Å². The summed E-state index contributed by atoms with van der Waals surface area (Å²) in [6.45, 7) is 1.09. The Morgan fingerprint density at radius 1 is 1.53 bits per heavy atom. The van der Waals surface area contributed by atoms with Crippen molar-refractivity contribution in [2.75, 3.05) is 4.72 Å². The Hall–Kier alpha value is -0.540. The van der Waals surface area contributed by atoms with Gasteiger partial charge in [-0.15, -0.1) is 0 Å². The summed E-state index contributed by atoms with van der Waals surface area (Å²) in [7, 11) is -3.98. The molecular weight excluding hydrogens is 381 g/mol. The molecule has 0 aliphatic heterocycles. The summed E-state index contributed by atoms with van der Waals surface area (Å²) in [5.74, 6) is -1.42. The molecule has 1 atom stereocenters. The lowest BCUT2D eigenvalue weighted by molar-refractivity contribution is -0.136. The zero-order valence-corrected chi connectivity index (χ0v) is 12.4. The number of hydrogen-bond acceptors (Lipinski definition) is 3. The Morgan fingerprint density at radius 2 is 2.12 bits per heavy atom. The van der Waals surface area contributed by atoms with Gasteiger partial charge in [0.1, 0.15) is 0 Å². The fraction of sp³-hybridized carbons (Fsp3) is 0.222. The second-order valence-electron chi connectivity index (χ2n) is 3.25. The second-order valence-corrected chi connectivity index (χ2v) is 6.91. The van der Waals surface area contributed by atoms with Crippen LogP contribution in [-0.4, -0.2) is 24.7 Å². The summed E-state index contributed by atoms with van der Waals surface area (Å²) < 4.78 is 26.3. The van der Waals surface area contributed by atoms with Crippen LogP contribution in [0.25, 0.3) is 0 Å². The molecule has 1 aromatic rings. The molecular formula is C9H9ClINO4S. The number of benzene rings is 1. The normalized spacial score (nSPS) is 13.1. The van der Waals surface area contributed by atoms with Gasteiger partial charge in [0.25, 0.3) is 0 Å². The van der Waals surface area contributed by atoms with Crippen molar-refractivity contribution in [1.82, 2.24) is 0 Å². The molecule has 94 valence electrons. The fourth-order valence-corrected chi connectivity index (χ4v) is 2.83. The van der Waals surface area contributed by atoms with Crippen molar-refractivity contribution in [3.05, 3.63) is 26.8 Å². The molecule has 0 amide bonds. The first-order valence-electron chi connectivity index (χ1n) is 4.43. The first-order chi connectivity index (χ1) is 7.74. The highest BCUT2D eigenvalue weighted by Gasteiger charge is 2.28. The van der Waals surface area contributed by atoms with Crippen molar-refractivity contribution in [3.63, 3.8) is 0 Å². The third-order valence-electron chi connectivity index (χ3n) is 2.00. The van der Waals surface area contributed by atoms with Gasteiger partial charge in [-0.2, -0.15) is 0 Å². The molecule has 8 heteroatoms. The summed E-state index contributed by atoms with van der Waals surface area (Å²) >= 11 is 7.87. The van der Waals surface area contributed by atoms with Crippen LogP contribution in [0.4, 0.5) is 5.69 Å². The lowest BCUT2D eigenvalue weighted by Gasteiger charge is -2.12. The SMILES string of the molecule is CC(C(=O)O)S(=O)(=O)Nc1ccc(I)cc1Cl. The van der Waals surface area contributed by atoms with E-state index in [2.05, 4.69) is 4.72 Å². The van der Waals surface area contributed by atoms with Gasteiger partial charge in [0.2, 0.25) is 10.0 Å².